The van der Waals surface area contributed by atoms with E-state index in [0.717, 1.165) is 0 Å². The minimum Gasteiger partial charge on any atom is -0.340 e. The van der Waals surface area contributed by atoms with Crippen LogP contribution in [0.2, 0.25) is 5.02 Å². The van der Waals surface area contributed by atoms with Gasteiger partial charge in [0.25, 0.3) is 5.91 Å². The Kier molecular flexibility index (Phi) is 4.71. The third-order valence-electron chi connectivity index (χ3n) is 2.22. The topological polar surface area (TPSA) is 32.3 Å². The molecule has 1 rings (SSSR count). The molecule has 1 amide bonds. The Balaban J connectivity index is 2.87. The van der Waals surface area contributed by atoms with Gasteiger partial charge in [0.05, 0.1) is 10.6 Å². The van der Waals surface area contributed by atoms with Crippen molar-refractivity contribution in [2.24, 2.45) is 0 Å². The van der Waals surface area contributed by atoms with E-state index in [9.17, 15) is 9.18 Å². The van der Waals surface area contributed by atoms with Crippen molar-refractivity contribution in [2.75, 3.05) is 27.2 Å². The van der Waals surface area contributed by atoms with Gasteiger partial charge in [0.1, 0.15) is 5.82 Å². The molecular weight excluding hydrogens is 231 g/mol. The molecule has 5 heteroatoms. The van der Waals surface area contributed by atoms with E-state index in [1.54, 1.807) is 14.1 Å². The molecule has 0 fully saturated rings. The minimum atomic E-state index is -0.589. The van der Waals surface area contributed by atoms with E-state index in [-0.39, 0.29) is 10.6 Å². The summed E-state index contributed by atoms with van der Waals surface area (Å²) in [6.45, 7) is 1.15. The maximum Gasteiger partial charge on any atom is 0.258 e. The van der Waals surface area contributed by atoms with Crippen LogP contribution in [-0.4, -0.2) is 38.0 Å². The summed E-state index contributed by atoms with van der Waals surface area (Å²) in [7, 11) is 3.40. The van der Waals surface area contributed by atoms with Crippen molar-refractivity contribution in [3.63, 3.8) is 0 Å². The van der Waals surface area contributed by atoms with Gasteiger partial charge in [-0.3, -0.25) is 4.79 Å². The third-order valence-corrected chi connectivity index (χ3v) is 2.54. The van der Waals surface area contributed by atoms with Gasteiger partial charge in [-0.15, -0.1) is 0 Å². The quantitative estimate of drug-likeness (QED) is 0.876. The molecule has 0 saturated heterocycles. The van der Waals surface area contributed by atoms with E-state index in [1.807, 2.05) is 0 Å². The molecule has 1 aromatic carbocycles. The van der Waals surface area contributed by atoms with Gasteiger partial charge in [0, 0.05) is 20.1 Å². The molecule has 0 aliphatic carbocycles. The lowest BCUT2D eigenvalue weighted by atomic mass is 10.2. The van der Waals surface area contributed by atoms with Crippen LogP contribution >= 0.6 is 11.6 Å². The van der Waals surface area contributed by atoms with Crippen molar-refractivity contribution in [1.29, 1.82) is 0 Å². The molecular formula is C11H14ClFN2O. The zero-order valence-corrected chi connectivity index (χ0v) is 10.0. The van der Waals surface area contributed by atoms with Crippen molar-refractivity contribution in [2.45, 2.75) is 0 Å². The molecule has 0 heterocycles. The molecule has 0 atom stereocenters. The molecule has 16 heavy (non-hydrogen) atoms. The number of hydrogen-bond acceptors (Lipinski definition) is 2. The molecule has 1 aromatic rings. The SMILES string of the molecule is CNCCN(C)C(=O)c1c(F)cccc1Cl. The molecule has 1 N–H and O–H groups in total. The number of benzene rings is 1. The van der Waals surface area contributed by atoms with Crippen molar-refractivity contribution in [3.8, 4) is 0 Å². The van der Waals surface area contributed by atoms with Crippen molar-refractivity contribution >= 4 is 17.5 Å². The Morgan fingerprint density at radius 1 is 1.56 bits per heavy atom. The molecule has 88 valence electrons. The van der Waals surface area contributed by atoms with Crippen LogP contribution in [0.15, 0.2) is 18.2 Å². The van der Waals surface area contributed by atoms with Gasteiger partial charge in [-0.2, -0.15) is 0 Å². The summed E-state index contributed by atoms with van der Waals surface area (Å²) in [4.78, 5) is 13.3. The van der Waals surface area contributed by atoms with Gasteiger partial charge >= 0.3 is 0 Å². The Bertz CT molecular complexity index is 364. The summed E-state index contributed by atoms with van der Waals surface area (Å²) >= 11 is 5.80. The fourth-order valence-electron chi connectivity index (χ4n) is 1.27. The number of carbonyl (C=O) groups is 1. The molecule has 0 aliphatic heterocycles. The second-order valence-electron chi connectivity index (χ2n) is 3.43. The number of hydrogen-bond donors (Lipinski definition) is 1. The first kappa shape index (κ1) is 12.9. The van der Waals surface area contributed by atoms with Gasteiger partial charge in [0.2, 0.25) is 0 Å². The van der Waals surface area contributed by atoms with E-state index in [2.05, 4.69) is 5.32 Å². The number of rotatable bonds is 4. The fourth-order valence-corrected chi connectivity index (χ4v) is 1.52. The van der Waals surface area contributed by atoms with Crippen LogP contribution in [0.1, 0.15) is 10.4 Å². The number of nitrogens with zero attached hydrogens (tertiary/aromatic N) is 1. The third kappa shape index (κ3) is 2.93. The molecule has 0 radical (unpaired) electrons. The highest BCUT2D eigenvalue weighted by Gasteiger charge is 2.18. The lowest BCUT2D eigenvalue weighted by molar-refractivity contribution is 0.0792. The van der Waals surface area contributed by atoms with Crippen LogP contribution in [-0.2, 0) is 0 Å². The molecule has 0 bridgehead atoms. The van der Waals surface area contributed by atoms with Crippen LogP contribution in [0.5, 0.6) is 0 Å². The molecule has 0 saturated carbocycles. The highest BCUT2D eigenvalue weighted by Crippen LogP contribution is 2.20. The number of amides is 1. The molecule has 3 nitrogen and oxygen atoms in total. The van der Waals surface area contributed by atoms with E-state index in [1.165, 1.54) is 23.1 Å². The highest BCUT2D eigenvalue weighted by molar-refractivity contribution is 6.33. The normalized spacial score (nSPS) is 10.2. The summed E-state index contributed by atoms with van der Waals surface area (Å²) in [6.07, 6.45) is 0. The summed E-state index contributed by atoms with van der Waals surface area (Å²) in [5.74, 6) is -0.993. The lowest BCUT2D eigenvalue weighted by Gasteiger charge is -2.17. The Morgan fingerprint density at radius 2 is 2.25 bits per heavy atom. The summed E-state index contributed by atoms with van der Waals surface area (Å²) in [5.41, 5.74) is -0.0669. The number of nitrogens with one attached hydrogen (secondary N) is 1. The van der Waals surface area contributed by atoms with Crippen LogP contribution in [0.4, 0.5) is 4.39 Å². The van der Waals surface area contributed by atoms with Crippen molar-refractivity contribution in [3.05, 3.63) is 34.6 Å². The number of carbonyl (C=O) groups excluding carboxylic acids is 1. The average Bonchev–Trinajstić information content (AvgIpc) is 2.25. The first-order chi connectivity index (χ1) is 7.57. The number of likely N-dealkylation sites (N-methyl/N-ethyl adjacent to an activating group) is 2. The van der Waals surface area contributed by atoms with Crippen LogP contribution in [0.3, 0.4) is 0 Å². The lowest BCUT2D eigenvalue weighted by Crippen LogP contribution is -2.33. The van der Waals surface area contributed by atoms with Gasteiger partial charge in [-0.05, 0) is 19.2 Å². The maximum atomic E-state index is 13.4. The molecule has 0 aliphatic rings. The van der Waals surface area contributed by atoms with Crippen LogP contribution in [0.25, 0.3) is 0 Å². The van der Waals surface area contributed by atoms with Crippen LogP contribution < -0.4 is 5.32 Å². The van der Waals surface area contributed by atoms with E-state index in [4.69, 9.17) is 11.6 Å². The van der Waals surface area contributed by atoms with E-state index < -0.39 is 11.7 Å². The smallest absolute Gasteiger partial charge is 0.258 e. The second kappa shape index (κ2) is 5.82. The first-order valence-electron chi connectivity index (χ1n) is 4.92. The van der Waals surface area contributed by atoms with Crippen molar-refractivity contribution in [1.82, 2.24) is 10.2 Å². The summed E-state index contributed by atoms with van der Waals surface area (Å²) in [6, 6.07) is 4.21. The molecule has 0 aromatic heterocycles. The second-order valence-corrected chi connectivity index (χ2v) is 3.83. The first-order valence-corrected chi connectivity index (χ1v) is 5.29. The van der Waals surface area contributed by atoms with Crippen LogP contribution in [0, 0.1) is 5.82 Å². The predicted octanol–water partition coefficient (Wildman–Crippen LogP) is 1.77. The molecule has 0 spiro atoms. The van der Waals surface area contributed by atoms with Gasteiger partial charge in [-0.1, -0.05) is 17.7 Å². The Labute approximate surface area is 99.2 Å². The largest absolute Gasteiger partial charge is 0.340 e. The maximum absolute atomic E-state index is 13.4. The van der Waals surface area contributed by atoms with Gasteiger partial charge < -0.3 is 10.2 Å². The van der Waals surface area contributed by atoms with Gasteiger partial charge in [-0.25, -0.2) is 4.39 Å². The number of halogens is 2. The fraction of sp³-hybridized carbons (Fsp3) is 0.364. The Hall–Kier alpha value is -1.13. The zero-order valence-electron chi connectivity index (χ0n) is 9.26. The van der Waals surface area contributed by atoms with Crippen molar-refractivity contribution < 1.29 is 9.18 Å². The standard InChI is InChI=1S/C11H14ClFN2O/c1-14-6-7-15(2)11(16)10-8(12)4-3-5-9(10)13/h3-5,14H,6-7H2,1-2H3. The predicted molar refractivity (Wildman–Crippen MR) is 62.3 cm³/mol. The molecule has 0 unspecified atom stereocenters. The van der Waals surface area contributed by atoms with Gasteiger partial charge in [0.15, 0.2) is 0 Å². The highest BCUT2D eigenvalue weighted by atomic mass is 35.5. The summed E-state index contributed by atoms with van der Waals surface area (Å²) < 4.78 is 13.4. The monoisotopic (exact) mass is 244 g/mol. The Morgan fingerprint density at radius 3 is 2.81 bits per heavy atom. The van der Waals surface area contributed by atoms with E-state index in [0.29, 0.717) is 13.1 Å². The zero-order chi connectivity index (χ0) is 12.1. The average molecular weight is 245 g/mol. The minimum absolute atomic E-state index is 0.0669. The van der Waals surface area contributed by atoms with E-state index >= 15 is 0 Å². The summed E-state index contributed by atoms with van der Waals surface area (Å²) in [5, 5.41) is 3.05.